The summed E-state index contributed by atoms with van der Waals surface area (Å²) < 4.78 is 13.2. The molecule has 1 atom stereocenters. The van der Waals surface area contributed by atoms with Crippen LogP contribution in [0.4, 0.5) is 4.39 Å². The van der Waals surface area contributed by atoms with Crippen molar-refractivity contribution < 1.29 is 9.18 Å². The van der Waals surface area contributed by atoms with Gasteiger partial charge in [-0.3, -0.25) is 4.79 Å². The van der Waals surface area contributed by atoms with Crippen molar-refractivity contribution in [3.05, 3.63) is 76.7 Å². The van der Waals surface area contributed by atoms with Crippen LogP contribution >= 0.6 is 11.8 Å². The summed E-state index contributed by atoms with van der Waals surface area (Å²) in [6, 6.07) is 13.8. The van der Waals surface area contributed by atoms with Crippen molar-refractivity contribution in [1.29, 1.82) is 0 Å². The van der Waals surface area contributed by atoms with Crippen molar-refractivity contribution in [2.24, 2.45) is 0 Å². The van der Waals surface area contributed by atoms with Crippen molar-refractivity contribution in [2.75, 3.05) is 6.26 Å². The minimum atomic E-state index is -0.313. The van der Waals surface area contributed by atoms with E-state index >= 15 is 0 Å². The van der Waals surface area contributed by atoms with Crippen molar-refractivity contribution in [2.45, 2.75) is 31.8 Å². The number of nitrogens with one attached hydrogen (secondary N) is 1. The van der Waals surface area contributed by atoms with Crippen LogP contribution < -0.4 is 5.32 Å². The average Bonchev–Trinajstić information content (AvgIpc) is 2.67. The molecule has 0 unspecified atom stereocenters. The molecule has 0 fully saturated rings. The third-order valence-electron chi connectivity index (χ3n) is 4.58. The smallest absolute Gasteiger partial charge is 0.256 e. The van der Waals surface area contributed by atoms with Crippen LogP contribution in [0.2, 0.25) is 0 Å². The van der Waals surface area contributed by atoms with Crippen LogP contribution in [-0.4, -0.2) is 22.1 Å². The molecule has 0 saturated carbocycles. The van der Waals surface area contributed by atoms with E-state index in [1.165, 1.54) is 23.9 Å². The fourth-order valence-electron chi connectivity index (χ4n) is 3.10. The molecule has 144 valence electrons. The highest BCUT2D eigenvalue weighted by Crippen LogP contribution is 2.26. The molecule has 0 aliphatic carbocycles. The van der Waals surface area contributed by atoms with Crippen LogP contribution in [0.5, 0.6) is 0 Å². The first-order valence-electron chi connectivity index (χ1n) is 8.95. The molecule has 6 heteroatoms. The lowest BCUT2D eigenvalue weighted by Gasteiger charge is -2.18. The van der Waals surface area contributed by atoms with Gasteiger partial charge < -0.3 is 5.32 Å². The van der Waals surface area contributed by atoms with E-state index < -0.39 is 0 Å². The van der Waals surface area contributed by atoms with Gasteiger partial charge in [0.1, 0.15) is 10.8 Å². The second-order valence-electron chi connectivity index (χ2n) is 6.58. The number of hydrogen-bond acceptors (Lipinski definition) is 4. The summed E-state index contributed by atoms with van der Waals surface area (Å²) in [5, 5.41) is 3.65. The average molecular weight is 396 g/mol. The zero-order chi connectivity index (χ0) is 20.3. The van der Waals surface area contributed by atoms with Crippen molar-refractivity contribution in [3.8, 4) is 11.4 Å². The van der Waals surface area contributed by atoms with Crippen molar-refractivity contribution >= 4 is 17.7 Å². The molecule has 0 spiro atoms. The van der Waals surface area contributed by atoms with E-state index in [-0.39, 0.29) is 17.8 Å². The summed E-state index contributed by atoms with van der Waals surface area (Å²) in [5.74, 6) is -0.0413. The maximum Gasteiger partial charge on any atom is 0.256 e. The van der Waals surface area contributed by atoms with Crippen LogP contribution in [0, 0.1) is 19.7 Å². The van der Waals surface area contributed by atoms with Gasteiger partial charge in [0.25, 0.3) is 5.91 Å². The fraction of sp³-hybridized carbons (Fsp3) is 0.227. The van der Waals surface area contributed by atoms with Gasteiger partial charge >= 0.3 is 0 Å². The maximum absolute atomic E-state index is 13.2. The van der Waals surface area contributed by atoms with E-state index in [1.54, 1.807) is 19.1 Å². The standard InChI is InChI=1S/C22H22FN3OS/c1-13-7-5-6-8-18(13)14(2)25-21(27)19-15(3)24-20(26-22(19)28-4)16-9-11-17(23)12-10-16/h5-12,14H,1-4H3,(H,25,27)/t14-/m0/s1. The number of thioether (sulfide) groups is 1. The number of benzene rings is 2. The van der Waals surface area contributed by atoms with Gasteiger partial charge in [-0.2, -0.15) is 0 Å². The number of hydrogen-bond donors (Lipinski definition) is 1. The second kappa shape index (κ2) is 8.52. The highest BCUT2D eigenvalue weighted by Gasteiger charge is 2.21. The number of nitrogens with zero attached hydrogens (tertiary/aromatic N) is 2. The van der Waals surface area contributed by atoms with E-state index in [4.69, 9.17) is 0 Å². The Labute approximate surface area is 168 Å². The molecule has 1 aromatic heterocycles. The van der Waals surface area contributed by atoms with Gasteiger partial charge in [-0.05, 0) is 62.4 Å². The monoisotopic (exact) mass is 395 g/mol. The zero-order valence-electron chi connectivity index (χ0n) is 16.3. The topological polar surface area (TPSA) is 54.9 Å². The van der Waals surface area contributed by atoms with Gasteiger partial charge in [0.15, 0.2) is 5.82 Å². The Balaban J connectivity index is 1.91. The number of carbonyl (C=O) groups excluding carboxylic acids is 1. The summed E-state index contributed by atoms with van der Waals surface area (Å²) in [6.45, 7) is 5.78. The number of carbonyl (C=O) groups is 1. The minimum absolute atomic E-state index is 0.139. The van der Waals surface area contributed by atoms with Gasteiger partial charge in [0.05, 0.1) is 17.3 Å². The Morgan fingerprint density at radius 1 is 1.07 bits per heavy atom. The third kappa shape index (κ3) is 4.22. The lowest BCUT2D eigenvalue weighted by molar-refractivity contribution is 0.0935. The summed E-state index contributed by atoms with van der Waals surface area (Å²) in [5.41, 5.74) is 3.97. The highest BCUT2D eigenvalue weighted by atomic mass is 32.2. The molecule has 0 aliphatic heterocycles. The number of halogens is 1. The first kappa shape index (κ1) is 20.0. The van der Waals surface area contributed by atoms with Crippen molar-refractivity contribution in [3.63, 3.8) is 0 Å². The van der Waals surface area contributed by atoms with Crippen LogP contribution in [-0.2, 0) is 0 Å². The first-order valence-corrected chi connectivity index (χ1v) is 10.2. The molecular formula is C22H22FN3OS. The first-order chi connectivity index (χ1) is 13.4. The number of rotatable bonds is 5. The van der Waals surface area contributed by atoms with E-state index in [1.807, 2.05) is 44.4 Å². The summed E-state index contributed by atoms with van der Waals surface area (Å²) >= 11 is 1.39. The SMILES string of the molecule is CSc1nc(-c2ccc(F)cc2)nc(C)c1C(=O)N[C@@H](C)c1ccccc1C. The van der Waals surface area contributed by atoms with Gasteiger partial charge in [-0.25, -0.2) is 14.4 Å². The maximum atomic E-state index is 13.2. The molecule has 0 radical (unpaired) electrons. The fourth-order valence-corrected chi connectivity index (χ4v) is 3.73. The molecule has 1 amide bonds. The van der Waals surface area contributed by atoms with E-state index in [0.717, 1.165) is 11.1 Å². The Kier molecular flexibility index (Phi) is 6.09. The quantitative estimate of drug-likeness (QED) is 0.482. The molecule has 0 bridgehead atoms. The number of aromatic nitrogens is 2. The van der Waals surface area contributed by atoms with E-state index in [0.29, 0.717) is 27.7 Å². The number of amides is 1. The minimum Gasteiger partial charge on any atom is -0.345 e. The second-order valence-corrected chi connectivity index (χ2v) is 7.37. The third-order valence-corrected chi connectivity index (χ3v) is 5.26. The van der Waals surface area contributed by atoms with Gasteiger partial charge in [-0.15, -0.1) is 11.8 Å². The lowest BCUT2D eigenvalue weighted by atomic mass is 10.0. The largest absolute Gasteiger partial charge is 0.345 e. The Morgan fingerprint density at radius 2 is 1.75 bits per heavy atom. The van der Waals surface area contributed by atoms with Gasteiger partial charge in [0.2, 0.25) is 0 Å². The van der Waals surface area contributed by atoms with Crippen molar-refractivity contribution in [1.82, 2.24) is 15.3 Å². The van der Waals surface area contributed by atoms with E-state index in [9.17, 15) is 9.18 Å². The molecule has 4 nitrogen and oxygen atoms in total. The van der Waals surface area contributed by atoms with Gasteiger partial charge in [0, 0.05) is 5.56 Å². The molecule has 1 heterocycles. The molecule has 2 aromatic carbocycles. The number of aryl methyl sites for hydroxylation is 2. The predicted octanol–water partition coefficient (Wildman–Crippen LogP) is 5.11. The Morgan fingerprint density at radius 3 is 2.39 bits per heavy atom. The molecule has 3 aromatic rings. The highest BCUT2D eigenvalue weighted by molar-refractivity contribution is 7.98. The Hall–Kier alpha value is -2.73. The van der Waals surface area contributed by atoms with E-state index in [2.05, 4.69) is 15.3 Å². The molecule has 28 heavy (non-hydrogen) atoms. The molecule has 0 aliphatic rings. The summed E-state index contributed by atoms with van der Waals surface area (Å²) in [6.07, 6.45) is 1.87. The predicted molar refractivity (Wildman–Crippen MR) is 111 cm³/mol. The molecule has 3 rings (SSSR count). The lowest BCUT2D eigenvalue weighted by Crippen LogP contribution is -2.29. The zero-order valence-corrected chi connectivity index (χ0v) is 17.1. The molecule has 1 N–H and O–H groups in total. The summed E-state index contributed by atoms with van der Waals surface area (Å²) in [7, 11) is 0. The normalized spacial score (nSPS) is 11.9. The Bertz CT molecular complexity index is 1010. The molecule has 0 saturated heterocycles. The molecular weight excluding hydrogens is 373 g/mol. The van der Waals surface area contributed by atoms with Crippen LogP contribution in [0.3, 0.4) is 0 Å². The van der Waals surface area contributed by atoms with Crippen LogP contribution in [0.25, 0.3) is 11.4 Å². The van der Waals surface area contributed by atoms with Crippen LogP contribution in [0.1, 0.15) is 40.1 Å². The summed E-state index contributed by atoms with van der Waals surface area (Å²) in [4.78, 5) is 22.0. The van der Waals surface area contributed by atoms with Crippen LogP contribution in [0.15, 0.2) is 53.6 Å². The van der Waals surface area contributed by atoms with Gasteiger partial charge in [-0.1, -0.05) is 24.3 Å².